The van der Waals surface area contributed by atoms with Crippen molar-refractivity contribution in [3.8, 4) is 11.5 Å². The van der Waals surface area contributed by atoms with Crippen molar-refractivity contribution in [2.75, 3.05) is 33.9 Å². The summed E-state index contributed by atoms with van der Waals surface area (Å²) >= 11 is 0. The van der Waals surface area contributed by atoms with Crippen LogP contribution in [0.2, 0.25) is 0 Å². The maximum Gasteiger partial charge on any atom is 0.334 e. The van der Waals surface area contributed by atoms with Crippen molar-refractivity contribution in [1.29, 1.82) is 0 Å². The van der Waals surface area contributed by atoms with E-state index in [0.29, 0.717) is 22.9 Å². The molecule has 0 spiro atoms. The quantitative estimate of drug-likeness (QED) is 0.493. The molecule has 0 aromatic heterocycles. The summed E-state index contributed by atoms with van der Waals surface area (Å²) < 4.78 is 10.4. The highest BCUT2D eigenvalue weighted by molar-refractivity contribution is 6.45. The average Bonchev–Trinajstić information content (AvgIpc) is 2.88. The van der Waals surface area contributed by atoms with Crippen LogP contribution in [0.4, 0.5) is 4.79 Å². The molecule has 2 rings (SSSR count). The second-order valence-corrected chi connectivity index (χ2v) is 5.82. The summed E-state index contributed by atoms with van der Waals surface area (Å²) in [4.78, 5) is 51.4. The van der Waals surface area contributed by atoms with Gasteiger partial charge in [0, 0.05) is 19.6 Å². The summed E-state index contributed by atoms with van der Waals surface area (Å²) in [6.45, 7) is 3.62. The summed E-state index contributed by atoms with van der Waals surface area (Å²) in [6.07, 6.45) is 0. The molecule has 9 nitrogen and oxygen atoms in total. The number of benzene rings is 1. The van der Waals surface area contributed by atoms with Gasteiger partial charge < -0.3 is 14.4 Å². The monoisotopic (exact) mass is 377 g/mol. The maximum absolute atomic E-state index is 12.6. The Balaban J connectivity index is 2.11. The molecule has 1 aliphatic heterocycles. The van der Waals surface area contributed by atoms with Gasteiger partial charge in [-0.2, -0.15) is 0 Å². The largest absolute Gasteiger partial charge is 0.493 e. The zero-order valence-corrected chi connectivity index (χ0v) is 15.9. The fourth-order valence-electron chi connectivity index (χ4n) is 2.78. The molecular formula is C18H23N3O6. The summed E-state index contributed by atoms with van der Waals surface area (Å²) in [5, 5.41) is 0. The predicted molar refractivity (Wildman–Crippen MR) is 95.1 cm³/mol. The Hall–Kier alpha value is -3.10. The number of methoxy groups -OCH3 is 2. The minimum atomic E-state index is -0.975. The van der Waals surface area contributed by atoms with Gasteiger partial charge in [0.2, 0.25) is 5.91 Å². The number of rotatable bonds is 8. The van der Waals surface area contributed by atoms with E-state index in [0.717, 1.165) is 10.5 Å². The van der Waals surface area contributed by atoms with E-state index in [1.54, 1.807) is 32.0 Å². The maximum atomic E-state index is 12.6. The number of hydrogen-bond acceptors (Lipinski definition) is 6. The topological polar surface area (TPSA) is 96.5 Å². The molecule has 1 aliphatic rings. The number of carbonyl (C=O) groups excluding carboxylic acids is 4. The fraction of sp³-hybridized carbons (Fsp3) is 0.444. The third kappa shape index (κ3) is 4.02. The van der Waals surface area contributed by atoms with Gasteiger partial charge in [-0.05, 0) is 31.5 Å². The van der Waals surface area contributed by atoms with Crippen LogP contribution in [-0.2, 0) is 20.9 Å². The van der Waals surface area contributed by atoms with Crippen LogP contribution in [0.1, 0.15) is 19.4 Å². The fourth-order valence-corrected chi connectivity index (χ4v) is 2.78. The molecule has 146 valence electrons. The highest BCUT2D eigenvalue weighted by Gasteiger charge is 2.44. The van der Waals surface area contributed by atoms with Gasteiger partial charge in [-0.1, -0.05) is 6.07 Å². The third-order valence-corrected chi connectivity index (χ3v) is 4.30. The summed E-state index contributed by atoms with van der Waals surface area (Å²) in [7, 11) is 3.05. The molecule has 9 heteroatoms. The Morgan fingerprint density at radius 1 is 1.00 bits per heavy atom. The predicted octanol–water partition coefficient (Wildman–Crippen LogP) is 0.863. The van der Waals surface area contributed by atoms with Gasteiger partial charge in [-0.3, -0.25) is 19.3 Å². The van der Waals surface area contributed by atoms with Crippen LogP contribution in [-0.4, -0.2) is 72.3 Å². The molecule has 5 amide bonds. The molecule has 27 heavy (non-hydrogen) atoms. The first kappa shape index (κ1) is 20.2. The van der Waals surface area contributed by atoms with E-state index in [1.165, 1.54) is 19.1 Å². The Kier molecular flexibility index (Phi) is 6.38. The van der Waals surface area contributed by atoms with Crippen molar-refractivity contribution < 1.29 is 28.7 Å². The number of imide groups is 2. The molecule has 0 radical (unpaired) electrons. The van der Waals surface area contributed by atoms with Gasteiger partial charge in [-0.25, -0.2) is 9.69 Å². The molecule has 0 bridgehead atoms. The number of nitrogens with zero attached hydrogens (tertiary/aromatic N) is 3. The molecule has 0 saturated carbocycles. The molecule has 1 heterocycles. The molecule has 1 saturated heterocycles. The van der Waals surface area contributed by atoms with Crippen molar-refractivity contribution in [1.82, 2.24) is 14.7 Å². The zero-order chi connectivity index (χ0) is 20.1. The van der Waals surface area contributed by atoms with Crippen LogP contribution in [0, 0.1) is 0 Å². The lowest BCUT2D eigenvalue weighted by molar-refractivity contribution is -0.144. The van der Waals surface area contributed by atoms with Gasteiger partial charge in [0.05, 0.1) is 14.2 Å². The lowest BCUT2D eigenvalue weighted by Gasteiger charge is -2.23. The van der Waals surface area contributed by atoms with Crippen LogP contribution in [0.3, 0.4) is 0 Å². The van der Waals surface area contributed by atoms with Crippen molar-refractivity contribution >= 4 is 23.8 Å². The van der Waals surface area contributed by atoms with Crippen LogP contribution in [0.5, 0.6) is 11.5 Å². The van der Waals surface area contributed by atoms with Gasteiger partial charge in [0.25, 0.3) is 0 Å². The number of hydrogen-bond donors (Lipinski definition) is 0. The normalized spacial score (nSPS) is 14.0. The number of carbonyl (C=O) groups is 4. The molecule has 1 aromatic carbocycles. The molecule has 0 unspecified atom stereocenters. The van der Waals surface area contributed by atoms with E-state index < -0.39 is 30.3 Å². The first-order valence-electron chi connectivity index (χ1n) is 8.53. The van der Waals surface area contributed by atoms with Gasteiger partial charge in [-0.15, -0.1) is 0 Å². The Morgan fingerprint density at radius 3 is 2.15 bits per heavy atom. The highest BCUT2D eigenvalue weighted by atomic mass is 16.5. The lowest BCUT2D eigenvalue weighted by atomic mass is 10.2. The minimum Gasteiger partial charge on any atom is -0.493 e. The van der Waals surface area contributed by atoms with Crippen LogP contribution < -0.4 is 9.47 Å². The minimum absolute atomic E-state index is 0.0806. The van der Waals surface area contributed by atoms with Crippen molar-refractivity contribution in [3.63, 3.8) is 0 Å². The molecule has 0 N–H and O–H groups in total. The van der Waals surface area contributed by atoms with Crippen LogP contribution >= 0.6 is 0 Å². The number of amides is 5. The molecular weight excluding hydrogens is 354 g/mol. The summed E-state index contributed by atoms with van der Waals surface area (Å²) in [6, 6.07) is 4.52. The summed E-state index contributed by atoms with van der Waals surface area (Å²) in [5.41, 5.74) is 0.799. The highest BCUT2D eigenvalue weighted by Crippen LogP contribution is 2.28. The Bertz CT molecular complexity index is 763. The molecule has 0 aliphatic carbocycles. The first-order chi connectivity index (χ1) is 12.9. The Labute approximate surface area is 157 Å². The second kappa shape index (κ2) is 8.52. The number of ether oxygens (including phenoxy) is 2. The average molecular weight is 377 g/mol. The molecule has 0 atom stereocenters. The summed E-state index contributed by atoms with van der Waals surface area (Å²) in [5.74, 6) is -1.20. The van der Waals surface area contributed by atoms with E-state index in [4.69, 9.17) is 9.47 Å². The first-order valence-corrected chi connectivity index (χ1v) is 8.53. The van der Waals surface area contributed by atoms with Gasteiger partial charge >= 0.3 is 17.8 Å². The van der Waals surface area contributed by atoms with Crippen LogP contribution in [0.25, 0.3) is 0 Å². The van der Waals surface area contributed by atoms with Gasteiger partial charge in [0.15, 0.2) is 11.5 Å². The van der Waals surface area contributed by atoms with E-state index >= 15 is 0 Å². The lowest BCUT2D eigenvalue weighted by Crippen LogP contribution is -2.43. The van der Waals surface area contributed by atoms with E-state index in [2.05, 4.69) is 0 Å². The molecule has 1 fully saturated rings. The van der Waals surface area contributed by atoms with Gasteiger partial charge in [0.1, 0.15) is 6.54 Å². The number of likely N-dealkylation sites (N-methyl/N-ethyl adjacent to an activating group) is 2. The van der Waals surface area contributed by atoms with E-state index in [-0.39, 0.29) is 13.1 Å². The van der Waals surface area contributed by atoms with Crippen molar-refractivity contribution in [2.24, 2.45) is 0 Å². The van der Waals surface area contributed by atoms with E-state index in [1.807, 2.05) is 0 Å². The third-order valence-electron chi connectivity index (χ3n) is 4.30. The number of urea groups is 1. The molecule has 1 aromatic rings. The standard InChI is InChI=1S/C18H23N3O6/c1-5-19(10-12-7-8-13(26-3)14(9-12)27-4)15(22)11-21-17(24)16(23)20(6-2)18(21)25/h7-9H,5-6,10-11H2,1-4H3. The Morgan fingerprint density at radius 2 is 1.63 bits per heavy atom. The van der Waals surface area contributed by atoms with E-state index in [9.17, 15) is 19.2 Å². The van der Waals surface area contributed by atoms with Crippen LogP contribution in [0.15, 0.2) is 18.2 Å². The smallest absolute Gasteiger partial charge is 0.334 e. The SMILES string of the molecule is CCN(Cc1ccc(OC)c(OC)c1)C(=O)CN1C(=O)C(=O)N(CC)C1=O. The zero-order valence-electron chi connectivity index (χ0n) is 15.9. The van der Waals surface area contributed by atoms with Crippen molar-refractivity contribution in [3.05, 3.63) is 23.8 Å². The van der Waals surface area contributed by atoms with Crippen molar-refractivity contribution in [2.45, 2.75) is 20.4 Å². The second-order valence-electron chi connectivity index (χ2n) is 5.82.